The van der Waals surface area contributed by atoms with Crippen LogP contribution in [0.3, 0.4) is 0 Å². The number of hydrogen-bond acceptors (Lipinski definition) is 4. The Morgan fingerprint density at radius 1 is 1.13 bits per heavy atom. The molecule has 0 unspecified atom stereocenters. The zero-order chi connectivity index (χ0) is 16.1. The third-order valence-corrected chi connectivity index (χ3v) is 6.18. The summed E-state index contributed by atoms with van der Waals surface area (Å²) in [7, 11) is 0. The van der Waals surface area contributed by atoms with E-state index in [-0.39, 0.29) is 11.4 Å². The molecular formula is C18H32N2O3. The van der Waals surface area contributed by atoms with Crippen LogP contribution in [0.2, 0.25) is 0 Å². The van der Waals surface area contributed by atoms with Gasteiger partial charge < -0.3 is 15.2 Å². The lowest BCUT2D eigenvalue weighted by atomic mass is 9.86. The van der Waals surface area contributed by atoms with Crippen LogP contribution in [-0.4, -0.2) is 60.4 Å². The molecule has 3 rings (SSSR count). The number of nitrogens with one attached hydrogen (secondary N) is 1. The van der Waals surface area contributed by atoms with Gasteiger partial charge in [-0.2, -0.15) is 0 Å². The van der Waals surface area contributed by atoms with Gasteiger partial charge in [0, 0.05) is 37.7 Å². The summed E-state index contributed by atoms with van der Waals surface area (Å²) >= 11 is 0. The second kappa shape index (κ2) is 7.95. The van der Waals surface area contributed by atoms with Crippen LogP contribution in [0.25, 0.3) is 0 Å². The fraction of sp³-hybridized carbons (Fsp3) is 0.944. The first kappa shape index (κ1) is 17.2. The van der Waals surface area contributed by atoms with Crippen LogP contribution in [0, 0.1) is 5.92 Å². The van der Waals surface area contributed by atoms with E-state index in [1.54, 1.807) is 0 Å². The second-order valence-corrected chi connectivity index (χ2v) is 7.68. The Morgan fingerprint density at radius 3 is 2.39 bits per heavy atom. The van der Waals surface area contributed by atoms with Crippen molar-refractivity contribution in [1.29, 1.82) is 0 Å². The SMILES string of the molecule is O=C(CC1(N2CCOCC2)CCCC1)NC1CCC(CO)CC1. The number of aliphatic hydroxyl groups excluding tert-OH is 1. The van der Waals surface area contributed by atoms with Crippen LogP contribution < -0.4 is 5.32 Å². The molecule has 2 saturated carbocycles. The zero-order valence-corrected chi connectivity index (χ0v) is 14.3. The van der Waals surface area contributed by atoms with Gasteiger partial charge >= 0.3 is 0 Å². The number of carbonyl (C=O) groups excluding carboxylic acids is 1. The van der Waals surface area contributed by atoms with E-state index in [1.165, 1.54) is 12.8 Å². The predicted molar refractivity (Wildman–Crippen MR) is 89.2 cm³/mol. The summed E-state index contributed by atoms with van der Waals surface area (Å²) in [6.45, 7) is 3.83. The Labute approximate surface area is 139 Å². The lowest BCUT2D eigenvalue weighted by Gasteiger charge is -2.43. The van der Waals surface area contributed by atoms with Gasteiger partial charge in [0.1, 0.15) is 0 Å². The molecule has 0 spiro atoms. The van der Waals surface area contributed by atoms with E-state index >= 15 is 0 Å². The van der Waals surface area contributed by atoms with Crippen molar-refractivity contribution in [2.45, 2.75) is 69.4 Å². The van der Waals surface area contributed by atoms with Gasteiger partial charge in [0.05, 0.1) is 13.2 Å². The van der Waals surface area contributed by atoms with E-state index in [0.717, 1.165) is 64.8 Å². The molecule has 5 heteroatoms. The highest BCUT2D eigenvalue weighted by Crippen LogP contribution is 2.38. The number of carbonyl (C=O) groups is 1. The van der Waals surface area contributed by atoms with Crippen LogP contribution in [0.15, 0.2) is 0 Å². The first-order valence-corrected chi connectivity index (χ1v) is 9.45. The van der Waals surface area contributed by atoms with E-state index in [0.29, 0.717) is 25.0 Å². The molecule has 1 amide bonds. The van der Waals surface area contributed by atoms with E-state index in [2.05, 4.69) is 10.2 Å². The molecule has 2 N–H and O–H groups in total. The van der Waals surface area contributed by atoms with Crippen molar-refractivity contribution in [3.05, 3.63) is 0 Å². The summed E-state index contributed by atoms with van der Waals surface area (Å²) in [5.41, 5.74) is 0.0795. The van der Waals surface area contributed by atoms with Crippen LogP contribution in [-0.2, 0) is 9.53 Å². The molecule has 0 atom stereocenters. The number of morpholine rings is 1. The quantitative estimate of drug-likeness (QED) is 0.808. The smallest absolute Gasteiger partial charge is 0.222 e. The van der Waals surface area contributed by atoms with Crippen molar-refractivity contribution in [3.8, 4) is 0 Å². The standard InChI is InChI=1S/C18H32N2O3/c21-14-15-3-5-16(6-4-15)19-17(22)13-18(7-1-2-8-18)20-9-11-23-12-10-20/h15-16,21H,1-14H2,(H,19,22). The topological polar surface area (TPSA) is 61.8 Å². The molecule has 1 saturated heterocycles. The van der Waals surface area contributed by atoms with Gasteiger partial charge in [-0.3, -0.25) is 9.69 Å². The van der Waals surface area contributed by atoms with Crippen molar-refractivity contribution in [3.63, 3.8) is 0 Å². The minimum Gasteiger partial charge on any atom is -0.396 e. The highest BCUT2D eigenvalue weighted by molar-refractivity contribution is 5.77. The van der Waals surface area contributed by atoms with Gasteiger partial charge in [-0.05, 0) is 44.4 Å². The number of aliphatic hydroxyl groups is 1. The molecule has 0 aromatic carbocycles. The highest BCUT2D eigenvalue weighted by Gasteiger charge is 2.42. The molecule has 23 heavy (non-hydrogen) atoms. The maximum atomic E-state index is 12.6. The summed E-state index contributed by atoms with van der Waals surface area (Å²) in [6, 6.07) is 0.313. The number of amides is 1. The average molecular weight is 324 g/mol. The van der Waals surface area contributed by atoms with E-state index < -0.39 is 0 Å². The third kappa shape index (κ3) is 4.25. The molecule has 3 fully saturated rings. The molecule has 1 aliphatic heterocycles. The monoisotopic (exact) mass is 324 g/mol. The van der Waals surface area contributed by atoms with Crippen molar-refractivity contribution >= 4 is 5.91 Å². The molecular weight excluding hydrogens is 292 g/mol. The highest BCUT2D eigenvalue weighted by atomic mass is 16.5. The van der Waals surface area contributed by atoms with Crippen LogP contribution in [0.4, 0.5) is 0 Å². The molecule has 2 aliphatic carbocycles. The number of ether oxygens (including phenoxy) is 1. The lowest BCUT2D eigenvalue weighted by Crippen LogP contribution is -2.54. The Bertz CT molecular complexity index is 382. The summed E-state index contributed by atoms with van der Waals surface area (Å²) < 4.78 is 5.49. The van der Waals surface area contributed by atoms with Gasteiger partial charge in [0.15, 0.2) is 0 Å². The molecule has 3 aliphatic rings. The summed E-state index contributed by atoms with van der Waals surface area (Å²) in [6.07, 6.45) is 9.54. The molecule has 0 aromatic heterocycles. The fourth-order valence-corrected chi connectivity index (χ4v) is 4.74. The molecule has 5 nitrogen and oxygen atoms in total. The Morgan fingerprint density at radius 2 is 1.78 bits per heavy atom. The fourth-order valence-electron chi connectivity index (χ4n) is 4.74. The largest absolute Gasteiger partial charge is 0.396 e. The maximum absolute atomic E-state index is 12.6. The first-order valence-electron chi connectivity index (χ1n) is 9.45. The minimum absolute atomic E-state index is 0.0795. The number of rotatable bonds is 5. The van der Waals surface area contributed by atoms with Crippen LogP contribution in [0.1, 0.15) is 57.8 Å². The predicted octanol–water partition coefficient (Wildman–Crippen LogP) is 1.69. The van der Waals surface area contributed by atoms with Gasteiger partial charge in [0.2, 0.25) is 5.91 Å². The lowest BCUT2D eigenvalue weighted by molar-refractivity contribution is -0.126. The van der Waals surface area contributed by atoms with E-state index in [4.69, 9.17) is 4.74 Å². The Balaban J connectivity index is 1.52. The van der Waals surface area contributed by atoms with E-state index in [9.17, 15) is 9.90 Å². The Kier molecular flexibility index (Phi) is 5.94. The average Bonchev–Trinajstić information content (AvgIpc) is 3.06. The summed E-state index contributed by atoms with van der Waals surface area (Å²) in [5.74, 6) is 0.670. The van der Waals surface area contributed by atoms with E-state index in [1.807, 2.05) is 0 Å². The maximum Gasteiger partial charge on any atom is 0.222 e. The van der Waals surface area contributed by atoms with Crippen LogP contribution >= 0.6 is 0 Å². The third-order valence-electron chi connectivity index (χ3n) is 6.18. The van der Waals surface area contributed by atoms with Crippen molar-refractivity contribution in [1.82, 2.24) is 10.2 Å². The van der Waals surface area contributed by atoms with Crippen molar-refractivity contribution in [2.24, 2.45) is 5.92 Å². The van der Waals surface area contributed by atoms with Gasteiger partial charge in [-0.1, -0.05) is 12.8 Å². The zero-order valence-electron chi connectivity index (χ0n) is 14.3. The molecule has 0 radical (unpaired) electrons. The van der Waals surface area contributed by atoms with Gasteiger partial charge in [-0.25, -0.2) is 0 Å². The molecule has 132 valence electrons. The second-order valence-electron chi connectivity index (χ2n) is 7.68. The Hall–Kier alpha value is -0.650. The summed E-state index contributed by atoms with van der Waals surface area (Å²) in [5, 5.41) is 12.5. The van der Waals surface area contributed by atoms with Crippen molar-refractivity contribution in [2.75, 3.05) is 32.9 Å². The molecule has 0 bridgehead atoms. The normalized spacial score (nSPS) is 31.9. The number of nitrogens with zero attached hydrogens (tertiary/aromatic N) is 1. The van der Waals surface area contributed by atoms with Crippen LogP contribution in [0.5, 0.6) is 0 Å². The molecule has 0 aromatic rings. The van der Waals surface area contributed by atoms with Gasteiger partial charge in [0.25, 0.3) is 0 Å². The van der Waals surface area contributed by atoms with Gasteiger partial charge in [-0.15, -0.1) is 0 Å². The first-order chi connectivity index (χ1) is 11.2. The summed E-state index contributed by atoms with van der Waals surface area (Å²) in [4.78, 5) is 15.2. The minimum atomic E-state index is 0.0795. The number of hydrogen-bond donors (Lipinski definition) is 2. The van der Waals surface area contributed by atoms with Crippen molar-refractivity contribution < 1.29 is 14.6 Å². The molecule has 1 heterocycles.